The summed E-state index contributed by atoms with van der Waals surface area (Å²) >= 11 is 0. The molecule has 1 aromatic rings. The standard InChI is InChI=1S/C11H18FN3O2/c1-8-10(12)11(13-2)15-9(14-8)4-5-17-7-6-16-3/h4-7H2,1-3H3,(H,13,14,15). The number of halogens is 1. The van der Waals surface area contributed by atoms with Gasteiger partial charge in [0.15, 0.2) is 11.6 Å². The highest BCUT2D eigenvalue weighted by Gasteiger charge is 2.09. The van der Waals surface area contributed by atoms with Crippen LogP contribution in [-0.2, 0) is 15.9 Å². The van der Waals surface area contributed by atoms with Gasteiger partial charge in [0.25, 0.3) is 0 Å². The molecule has 0 amide bonds. The molecule has 0 radical (unpaired) electrons. The van der Waals surface area contributed by atoms with Crippen molar-refractivity contribution in [1.29, 1.82) is 0 Å². The number of ether oxygens (including phenoxy) is 2. The van der Waals surface area contributed by atoms with E-state index in [1.807, 2.05) is 0 Å². The average molecular weight is 243 g/mol. The van der Waals surface area contributed by atoms with Crippen LogP contribution in [0.1, 0.15) is 11.5 Å². The Kier molecular flexibility index (Phi) is 5.79. The summed E-state index contributed by atoms with van der Waals surface area (Å²) in [5, 5.41) is 2.70. The van der Waals surface area contributed by atoms with E-state index in [0.29, 0.717) is 37.8 Å². The fourth-order valence-corrected chi connectivity index (χ4v) is 1.30. The summed E-state index contributed by atoms with van der Waals surface area (Å²) in [7, 11) is 3.25. The van der Waals surface area contributed by atoms with Gasteiger partial charge in [-0.15, -0.1) is 0 Å². The molecule has 0 aromatic carbocycles. The third-order valence-electron chi connectivity index (χ3n) is 2.20. The number of nitrogens with one attached hydrogen (secondary N) is 1. The lowest BCUT2D eigenvalue weighted by atomic mass is 10.3. The SMILES string of the molecule is CNc1nc(CCOCCOC)nc(C)c1F. The zero-order chi connectivity index (χ0) is 12.7. The third-order valence-corrected chi connectivity index (χ3v) is 2.20. The number of aryl methyl sites for hydroxylation is 1. The number of anilines is 1. The normalized spacial score (nSPS) is 10.6. The number of hydrogen-bond acceptors (Lipinski definition) is 5. The highest BCUT2D eigenvalue weighted by Crippen LogP contribution is 2.13. The zero-order valence-corrected chi connectivity index (χ0v) is 10.4. The summed E-state index contributed by atoms with van der Waals surface area (Å²) in [6, 6.07) is 0. The lowest BCUT2D eigenvalue weighted by Gasteiger charge is -2.07. The van der Waals surface area contributed by atoms with Gasteiger partial charge in [0.05, 0.1) is 25.5 Å². The lowest BCUT2D eigenvalue weighted by molar-refractivity contribution is 0.0716. The smallest absolute Gasteiger partial charge is 0.186 e. The van der Waals surface area contributed by atoms with E-state index in [2.05, 4.69) is 15.3 Å². The van der Waals surface area contributed by atoms with E-state index in [1.54, 1.807) is 21.1 Å². The Morgan fingerprint density at radius 2 is 2.00 bits per heavy atom. The molecule has 0 saturated heterocycles. The Bertz CT molecular complexity index is 361. The maximum Gasteiger partial charge on any atom is 0.186 e. The summed E-state index contributed by atoms with van der Waals surface area (Å²) in [5.41, 5.74) is 0.344. The average Bonchev–Trinajstić information content (AvgIpc) is 2.33. The second kappa shape index (κ2) is 7.13. The number of nitrogens with zero attached hydrogens (tertiary/aromatic N) is 2. The van der Waals surface area contributed by atoms with Gasteiger partial charge in [-0.1, -0.05) is 0 Å². The molecule has 1 N–H and O–H groups in total. The van der Waals surface area contributed by atoms with Crippen LogP contribution in [0.15, 0.2) is 0 Å². The number of methoxy groups -OCH3 is 1. The summed E-state index contributed by atoms with van der Waals surface area (Å²) in [6.07, 6.45) is 0.555. The molecule has 5 nitrogen and oxygen atoms in total. The van der Waals surface area contributed by atoms with Crippen LogP contribution in [-0.4, -0.2) is 43.9 Å². The Morgan fingerprint density at radius 3 is 2.65 bits per heavy atom. The van der Waals surface area contributed by atoms with Gasteiger partial charge in [0.1, 0.15) is 5.82 Å². The Morgan fingerprint density at radius 1 is 1.24 bits per heavy atom. The first-order chi connectivity index (χ1) is 8.19. The third kappa shape index (κ3) is 4.24. The van der Waals surface area contributed by atoms with Crippen LogP contribution in [0.5, 0.6) is 0 Å². The fraction of sp³-hybridized carbons (Fsp3) is 0.636. The van der Waals surface area contributed by atoms with Gasteiger partial charge in [-0.3, -0.25) is 0 Å². The number of rotatable bonds is 7. The van der Waals surface area contributed by atoms with E-state index in [0.717, 1.165) is 0 Å². The van der Waals surface area contributed by atoms with Gasteiger partial charge in [-0.2, -0.15) is 0 Å². The van der Waals surface area contributed by atoms with Crippen molar-refractivity contribution < 1.29 is 13.9 Å². The van der Waals surface area contributed by atoms with Gasteiger partial charge in [0, 0.05) is 20.6 Å². The van der Waals surface area contributed by atoms with Crippen molar-refractivity contribution in [3.05, 3.63) is 17.3 Å². The first-order valence-electron chi connectivity index (χ1n) is 5.46. The van der Waals surface area contributed by atoms with Crippen LogP contribution in [0.3, 0.4) is 0 Å². The van der Waals surface area contributed by atoms with Crippen LogP contribution in [0, 0.1) is 12.7 Å². The van der Waals surface area contributed by atoms with E-state index >= 15 is 0 Å². The first kappa shape index (κ1) is 13.8. The van der Waals surface area contributed by atoms with Crippen molar-refractivity contribution in [3.63, 3.8) is 0 Å². The molecule has 0 bridgehead atoms. The van der Waals surface area contributed by atoms with Crippen LogP contribution >= 0.6 is 0 Å². The quantitative estimate of drug-likeness (QED) is 0.728. The molecule has 1 aromatic heterocycles. The molecule has 0 aliphatic carbocycles. The van der Waals surface area contributed by atoms with E-state index in [-0.39, 0.29) is 5.82 Å². The Hall–Kier alpha value is -1.27. The molecule has 1 rings (SSSR count). The Balaban J connectivity index is 2.51. The number of aromatic nitrogens is 2. The summed E-state index contributed by atoms with van der Waals surface area (Å²) < 4.78 is 23.6. The van der Waals surface area contributed by atoms with Crippen LogP contribution in [0.4, 0.5) is 10.2 Å². The summed E-state index contributed by atoms with van der Waals surface area (Å²) in [6.45, 7) is 3.21. The first-order valence-corrected chi connectivity index (χ1v) is 5.46. The lowest BCUT2D eigenvalue weighted by Crippen LogP contribution is -2.10. The molecule has 0 aliphatic rings. The minimum absolute atomic E-state index is 0.226. The second-order valence-electron chi connectivity index (χ2n) is 3.49. The van der Waals surface area contributed by atoms with Crippen molar-refractivity contribution in [2.45, 2.75) is 13.3 Å². The predicted molar refractivity (Wildman–Crippen MR) is 62.7 cm³/mol. The number of hydrogen-bond donors (Lipinski definition) is 1. The van der Waals surface area contributed by atoms with Gasteiger partial charge in [-0.05, 0) is 6.92 Å². The zero-order valence-electron chi connectivity index (χ0n) is 10.4. The molecule has 0 atom stereocenters. The minimum Gasteiger partial charge on any atom is -0.382 e. The topological polar surface area (TPSA) is 56.3 Å². The largest absolute Gasteiger partial charge is 0.382 e. The summed E-state index contributed by atoms with van der Waals surface area (Å²) in [4.78, 5) is 8.12. The van der Waals surface area contributed by atoms with Gasteiger partial charge in [-0.25, -0.2) is 14.4 Å². The van der Waals surface area contributed by atoms with Crippen molar-refractivity contribution in [2.24, 2.45) is 0 Å². The molecular formula is C11H18FN3O2. The molecule has 0 saturated carbocycles. The van der Waals surface area contributed by atoms with Crippen LogP contribution < -0.4 is 5.32 Å². The molecular weight excluding hydrogens is 225 g/mol. The Labute approximate surface area is 100 Å². The molecule has 0 unspecified atom stereocenters. The maximum atomic E-state index is 13.4. The van der Waals surface area contributed by atoms with Gasteiger partial charge in [0.2, 0.25) is 0 Å². The molecule has 17 heavy (non-hydrogen) atoms. The molecule has 96 valence electrons. The molecule has 0 spiro atoms. The van der Waals surface area contributed by atoms with E-state index in [4.69, 9.17) is 9.47 Å². The minimum atomic E-state index is -0.406. The molecule has 0 aliphatic heterocycles. The van der Waals surface area contributed by atoms with Crippen molar-refractivity contribution in [2.75, 3.05) is 39.3 Å². The van der Waals surface area contributed by atoms with Gasteiger partial charge < -0.3 is 14.8 Å². The maximum absolute atomic E-state index is 13.4. The van der Waals surface area contributed by atoms with E-state index in [1.165, 1.54) is 0 Å². The molecule has 1 heterocycles. The highest BCUT2D eigenvalue weighted by atomic mass is 19.1. The molecule has 0 fully saturated rings. The highest BCUT2D eigenvalue weighted by molar-refractivity contribution is 5.37. The van der Waals surface area contributed by atoms with Crippen molar-refractivity contribution in [1.82, 2.24) is 9.97 Å². The van der Waals surface area contributed by atoms with E-state index < -0.39 is 5.82 Å². The van der Waals surface area contributed by atoms with Crippen molar-refractivity contribution >= 4 is 5.82 Å². The van der Waals surface area contributed by atoms with E-state index in [9.17, 15) is 4.39 Å². The fourth-order valence-electron chi connectivity index (χ4n) is 1.30. The predicted octanol–water partition coefficient (Wildman–Crippen LogP) is 1.17. The summed E-state index contributed by atoms with van der Waals surface area (Å²) in [5.74, 6) is 0.395. The second-order valence-corrected chi connectivity index (χ2v) is 3.49. The van der Waals surface area contributed by atoms with Gasteiger partial charge >= 0.3 is 0 Å². The monoisotopic (exact) mass is 243 g/mol. The van der Waals surface area contributed by atoms with Crippen LogP contribution in [0.2, 0.25) is 0 Å². The van der Waals surface area contributed by atoms with Crippen molar-refractivity contribution in [3.8, 4) is 0 Å². The molecule has 6 heteroatoms. The van der Waals surface area contributed by atoms with Crippen LogP contribution in [0.25, 0.3) is 0 Å².